The standard InChI is InChI=1S/C25H33N3O4/c1-15(2)32-13-5-12-28-24(17-7-9-18(31-4)10-8-17)21-22(26-27-23(21)25(28)30)19-14-16(3)6-11-20(19)29/h6-11,14-15,21-24,26-27,29H,5,12-13H2,1-4H3. The Morgan fingerprint density at radius 1 is 1.09 bits per heavy atom. The van der Waals surface area contributed by atoms with Gasteiger partial charge in [0.2, 0.25) is 5.91 Å². The molecule has 0 saturated carbocycles. The molecule has 0 aliphatic carbocycles. The van der Waals surface area contributed by atoms with E-state index in [0.717, 1.165) is 28.9 Å². The fraction of sp³-hybridized carbons (Fsp3) is 0.480. The summed E-state index contributed by atoms with van der Waals surface area (Å²) in [5, 5.41) is 10.6. The van der Waals surface area contributed by atoms with E-state index in [1.807, 2.05) is 62.1 Å². The average molecular weight is 440 g/mol. The number of hydrogen-bond donors (Lipinski definition) is 3. The number of phenols is 1. The third-order valence-corrected chi connectivity index (χ3v) is 6.38. The smallest absolute Gasteiger partial charge is 0.242 e. The highest BCUT2D eigenvalue weighted by molar-refractivity contribution is 5.86. The Morgan fingerprint density at radius 2 is 1.81 bits per heavy atom. The molecule has 2 aromatic rings. The third-order valence-electron chi connectivity index (χ3n) is 6.38. The molecular formula is C25H33N3O4. The molecule has 2 heterocycles. The quantitative estimate of drug-likeness (QED) is 0.548. The minimum absolute atomic E-state index is 0.0718. The van der Waals surface area contributed by atoms with Crippen molar-refractivity contribution in [2.24, 2.45) is 5.92 Å². The number of carbonyl (C=O) groups excluding carboxylic acids is 1. The van der Waals surface area contributed by atoms with Crippen molar-refractivity contribution in [3.05, 3.63) is 59.2 Å². The number of fused-ring (bicyclic) bond motifs is 1. The molecule has 0 radical (unpaired) electrons. The Balaban J connectivity index is 1.67. The van der Waals surface area contributed by atoms with Gasteiger partial charge in [0.05, 0.1) is 25.3 Å². The largest absolute Gasteiger partial charge is 0.508 e. The number of carbonyl (C=O) groups is 1. The molecule has 0 aromatic heterocycles. The van der Waals surface area contributed by atoms with Crippen molar-refractivity contribution >= 4 is 5.91 Å². The fourth-order valence-corrected chi connectivity index (χ4v) is 4.89. The predicted octanol–water partition coefficient (Wildman–Crippen LogP) is 3.24. The normalized spacial score (nSPS) is 24.9. The molecule has 0 spiro atoms. The van der Waals surface area contributed by atoms with E-state index >= 15 is 0 Å². The highest BCUT2D eigenvalue weighted by Crippen LogP contribution is 2.48. The van der Waals surface area contributed by atoms with Crippen molar-refractivity contribution in [3.63, 3.8) is 0 Å². The van der Waals surface area contributed by atoms with Gasteiger partial charge in [0.25, 0.3) is 0 Å². The summed E-state index contributed by atoms with van der Waals surface area (Å²) in [6, 6.07) is 12.8. The zero-order valence-electron chi connectivity index (χ0n) is 19.2. The second kappa shape index (κ2) is 9.48. The molecule has 2 saturated heterocycles. The molecule has 4 rings (SSSR count). The number of aromatic hydroxyl groups is 1. The molecule has 2 aromatic carbocycles. The van der Waals surface area contributed by atoms with Crippen LogP contribution in [-0.2, 0) is 9.53 Å². The summed E-state index contributed by atoms with van der Waals surface area (Å²) in [4.78, 5) is 15.4. The Labute approximate surface area is 189 Å². The SMILES string of the molecule is COc1ccc(C2C3C(NNC3c3cc(C)ccc3O)C(=O)N2CCCOC(C)C)cc1. The van der Waals surface area contributed by atoms with Crippen LogP contribution in [0.4, 0.5) is 0 Å². The van der Waals surface area contributed by atoms with Gasteiger partial charge in [-0.05, 0) is 51.0 Å². The monoisotopic (exact) mass is 439 g/mol. The molecule has 4 unspecified atom stereocenters. The lowest BCUT2D eigenvalue weighted by atomic mass is 9.83. The van der Waals surface area contributed by atoms with E-state index in [0.29, 0.717) is 13.2 Å². The molecule has 172 valence electrons. The van der Waals surface area contributed by atoms with Gasteiger partial charge in [-0.2, -0.15) is 0 Å². The summed E-state index contributed by atoms with van der Waals surface area (Å²) in [5.41, 5.74) is 9.44. The van der Waals surface area contributed by atoms with Crippen molar-refractivity contribution in [2.75, 3.05) is 20.3 Å². The van der Waals surface area contributed by atoms with E-state index in [-0.39, 0.29) is 41.8 Å². The Bertz CT molecular complexity index is 947. The first-order valence-electron chi connectivity index (χ1n) is 11.3. The Hall–Kier alpha value is -2.61. The number of rotatable bonds is 8. The summed E-state index contributed by atoms with van der Waals surface area (Å²) in [7, 11) is 1.65. The molecular weight excluding hydrogens is 406 g/mol. The molecule has 32 heavy (non-hydrogen) atoms. The highest BCUT2D eigenvalue weighted by atomic mass is 16.5. The van der Waals surface area contributed by atoms with Crippen LogP contribution in [0.3, 0.4) is 0 Å². The van der Waals surface area contributed by atoms with Crippen LogP contribution in [0.1, 0.15) is 49.0 Å². The maximum absolute atomic E-state index is 13.4. The first-order valence-corrected chi connectivity index (χ1v) is 11.3. The topological polar surface area (TPSA) is 83.1 Å². The zero-order chi connectivity index (χ0) is 22.8. The fourth-order valence-electron chi connectivity index (χ4n) is 4.89. The summed E-state index contributed by atoms with van der Waals surface area (Å²) < 4.78 is 11.0. The van der Waals surface area contributed by atoms with Gasteiger partial charge >= 0.3 is 0 Å². The first kappa shape index (κ1) is 22.6. The molecule has 4 atom stereocenters. The van der Waals surface area contributed by atoms with E-state index in [1.165, 1.54) is 0 Å². The summed E-state index contributed by atoms with van der Waals surface area (Å²) in [6.07, 6.45) is 0.935. The molecule has 7 heteroatoms. The molecule has 7 nitrogen and oxygen atoms in total. The predicted molar refractivity (Wildman–Crippen MR) is 122 cm³/mol. The van der Waals surface area contributed by atoms with E-state index in [9.17, 15) is 9.90 Å². The van der Waals surface area contributed by atoms with Crippen LogP contribution in [0.25, 0.3) is 0 Å². The number of amides is 1. The van der Waals surface area contributed by atoms with E-state index < -0.39 is 0 Å². The van der Waals surface area contributed by atoms with Crippen molar-refractivity contribution in [2.45, 2.75) is 51.4 Å². The van der Waals surface area contributed by atoms with Gasteiger partial charge in [0.1, 0.15) is 17.5 Å². The van der Waals surface area contributed by atoms with Gasteiger partial charge in [-0.25, -0.2) is 10.9 Å². The van der Waals surface area contributed by atoms with Crippen LogP contribution >= 0.6 is 0 Å². The van der Waals surface area contributed by atoms with Crippen LogP contribution in [0.5, 0.6) is 11.5 Å². The number of methoxy groups -OCH3 is 1. The lowest BCUT2D eigenvalue weighted by Crippen LogP contribution is -2.41. The number of hydrogen-bond acceptors (Lipinski definition) is 6. The maximum Gasteiger partial charge on any atom is 0.242 e. The first-order chi connectivity index (χ1) is 15.4. The summed E-state index contributed by atoms with van der Waals surface area (Å²) in [5.74, 6) is 1.01. The van der Waals surface area contributed by atoms with Gasteiger partial charge in [0, 0.05) is 24.6 Å². The molecule has 2 fully saturated rings. The number of aryl methyl sites for hydroxylation is 1. The zero-order valence-corrected chi connectivity index (χ0v) is 19.2. The van der Waals surface area contributed by atoms with Gasteiger partial charge in [-0.1, -0.05) is 29.8 Å². The molecule has 2 aliphatic rings. The van der Waals surface area contributed by atoms with Crippen LogP contribution in [-0.4, -0.2) is 48.3 Å². The molecule has 3 N–H and O–H groups in total. The van der Waals surface area contributed by atoms with Crippen LogP contribution in [0.15, 0.2) is 42.5 Å². The van der Waals surface area contributed by atoms with Crippen LogP contribution < -0.4 is 15.6 Å². The number of hydrazine groups is 1. The lowest BCUT2D eigenvalue weighted by molar-refractivity contribution is -0.131. The number of nitrogens with one attached hydrogen (secondary N) is 2. The summed E-state index contributed by atoms with van der Waals surface area (Å²) >= 11 is 0. The van der Waals surface area contributed by atoms with Crippen molar-refractivity contribution in [1.29, 1.82) is 0 Å². The highest BCUT2D eigenvalue weighted by Gasteiger charge is 2.55. The second-order valence-corrected chi connectivity index (χ2v) is 8.91. The molecule has 0 bridgehead atoms. The molecule has 2 aliphatic heterocycles. The number of ether oxygens (including phenoxy) is 2. The Morgan fingerprint density at radius 3 is 2.50 bits per heavy atom. The minimum atomic E-state index is -0.363. The lowest BCUT2D eigenvalue weighted by Gasteiger charge is -2.31. The number of phenolic OH excluding ortho intramolecular Hbond substituents is 1. The van der Waals surface area contributed by atoms with E-state index in [1.54, 1.807) is 13.2 Å². The summed E-state index contributed by atoms with van der Waals surface area (Å²) in [6.45, 7) is 7.26. The van der Waals surface area contributed by atoms with Crippen molar-refractivity contribution in [3.8, 4) is 11.5 Å². The minimum Gasteiger partial charge on any atom is -0.508 e. The average Bonchev–Trinajstić information content (AvgIpc) is 3.32. The number of likely N-dealkylation sites (tertiary alicyclic amines) is 1. The van der Waals surface area contributed by atoms with Gasteiger partial charge in [-0.3, -0.25) is 4.79 Å². The third kappa shape index (κ3) is 4.33. The van der Waals surface area contributed by atoms with Gasteiger partial charge < -0.3 is 19.5 Å². The second-order valence-electron chi connectivity index (χ2n) is 8.91. The van der Waals surface area contributed by atoms with E-state index in [2.05, 4.69) is 10.9 Å². The van der Waals surface area contributed by atoms with Gasteiger partial charge in [-0.15, -0.1) is 0 Å². The van der Waals surface area contributed by atoms with E-state index in [4.69, 9.17) is 9.47 Å². The van der Waals surface area contributed by atoms with Crippen LogP contribution in [0.2, 0.25) is 0 Å². The van der Waals surface area contributed by atoms with Crippen molar-refractivity contribution in [1.82, 2.24) is 15.8 Å². The van der Waals surface area contributed by atoms with Crippen molar-refractivity contribution < 1.29 is 19.4 Å². The number of nitrogens with zero attached hydrogens (tertiary/aromatic N) is 1. The van der Waals surface area contributed by atoms with Crippen LogP contribution in [0, 0.1) is 12.8 Å². The Kier molecular flexibility index (Phi) is 6.69. The number of benzene rings is 2. The van der Waals surface area contributed by atoms with Gasteiger partial charge in [0.15, 0.2) is 0 Å². The molecule has 1 amide bonds. The maximum atomic E-state index is 13.4.